The van der Waals surface area contributed by atoms with Crippen LogP contribution < -0.4 is 20.7 Å². The van der Waals surface area contributed by atoms with Gasteiger partial charge in [-0.2, -0.15) is 10.1 Å². The van der Waals surface area contributed by atoms with E-state index in [2.05, 4.69) is 36.1 Å². The van der Waals surface area contributed by atoms with Gasteiger partial charge in [0.2, 0.25) is 0 Å². The Hall–Kier alpha value is -4.11. The van der Waals surface area contributed by atoms with Crippen molar-refractivity contribution in [2.24, 2.45) is 0 Å². The quantitative estimate of drug-likeness (QED) is 0.280. The Morgan fingerprint density at radius 2 is 1.64 bits per heavy atom. The fraction of sp³-hybridized carbons (Fsp3) is 0.130. The minimum absolute atomic E-state index is 0.203. The number of urea groups is 1. The standard InChI is InChI=1S/C23H22ClN7O2/c1-13-10-18(27-22(32)26-17-6-4-16(24)5-7-17)8-9-19(13)33-23-25-14(2)11-20(29-23)28-21-12-15(3)30-31-21/h4-12H,1-3H3,(H2,26,27,32)(H2,25,28,29,30,31). The SMILES string of the molecule is Cc1cc(Nc2cc(C)[nH]n2)nc(Oc2ccc(NC(=O)Nc3ccc(Cl)cc3)cc2C)n1. The van der Waals surface area contributed by atoms with Crippen LogP contribution in [-0.4, -0.2) is 26.2 Å². The number of H-pyrrole nitrogens is 1. The van der Waals surface area contributed by atoms with E-state index < -0.39 is 0 Å². The van der Waals surface area contributed by atoms with Crippen molar-refractivity contribution in [1.29, 1.82) is 0 Å². The van der Waals surface area contributed by atoms with Crippen molar-refractivity contribution < 1.29 is 9.53 Å². The largest absolute Gasteiger partial charge is 0.424 e. The zero-order valence-electron chi connectivity index (χ0n) is 18.2. The first-order chi connectivity index (χ1) is 15.8. The van der Waals surface area contributed by atoms with Gasteiger partial charge in [0.25, 0.3) is 0 Å². The van der Waals surface area contributed by atoms with Gasteiger partial charge in [0.15, 0.2) is 5.82 Å². The molecule has 2 aromatic heterocycles. The van der Waals surface area contributed by atoms with Crippen molar-refractivity contribution in [3.63, 3.8) is 0 Å². The van der Waals surface area contributed by atoms with Crippen molar-refractivity contribution >= 4 is 40.6 Å². The molecule has 33 heavy (non-hydrogen) atoms. The Morgan fingerprint density at radius 3 is 2.33 bits per heavy atom. The molecule has 4 rings (SSSR count). The highest BCUT2D eigenvalue weighted by Gasteiger charge is 2.10. The summed E-state index contributed by atoms with van der Waals surface area (Å²) in [7, 11) is 0. The molecular formula is C23H22ClN7O2. The van der Waals surface area contributed by atoms with Crippen molar-refractivity contribution in [2.45, 2.75) is 20.8 Å². The summed E-state index contributed by atoms with van der Waals surface area (Å²) in [5.74, 6) is 1.80. The molecule has 2 amide bonds. The third-order valence-corrected chi connectivity index (χ3v) is 4.78. The normalized spacial score (nSPS) is 10.5. The lowest BCUT2D eigenvalue weighted by Crippen LogP contribution is -2.19. The molecule has 4 aromatic rings. The van der Waals surface area contributed by atoms with Crippen LogP contribution in [0.3, 0.4) is 0 Å². The number of nitrogens with zero attached hydrogens (tertiary/aromatic N) is 3. The van der Waals surface area contributed by atoms with Crippen LogP contribution in [0.2, 0.25) is 5.02 Å². The van der Waals surface area contributed by atoms with Crippen LogP contribution in [0.15, 0.2) is 54.6 Å². The number of carbonyl (C=O) groups excluding carboxylic acids is 1. The van der Waals surface area contributed by atoms with E-state index >= 15 is 0 Å². The summed E-state index contributed by atoms with van der Waals surface area (Å²) in [5.41, 5.74) is 3.74. The Kier molecular flexibility index (Phi) is 6.41. The van der Waals surface area contributed by atoms with E-state index in [9.17, 15) is 4.79 Å². The first kappa shape index (κ1) is 22.1. The summed E-state index contributed by atoms with van der Waals surface area (Å²) in [4.78, 5) is 21.0. The molecular weight excluding hydrogens is 442 g/mol. The number of hydrogen-bond acceptors (Lipinski definition) is 6. The lowest BCUT2D eigenvalue weighted by atomic mass is 10.2. The van der Waals surface area contributed by atoms with Crippen molar-refractivity contribution in [1.82, 2.24) is 20.2 Å². The van der Waals surface area contributed by atoms with Crippen molar-refractivity contribution in [3.05, 3.63) is 76.6 Å². The first-order valence-electron chi connectivity index (χ1n) is 10.1. The van der Waals surface area contributed by atoms with E-state index in [1.165, 1.54) is 0 Å². The molecule has 0 aliphatic rings. The molecule has 0 spiro atoms. The molecule has 0 saturated heterocycles. The maximum atomic E-state index is 12.3. The minimum Gasteiger partial charge on any atom is -0.424 e. The Morgan fingerprint density at radius 1 is 0.909 bits per heavy atom. The third kappa shape index (κ3) is 5.98. The maximum absolute atomic E-state index is 12.3. The number of carbonyl (C=O) groups is 1. The summed E-state index contributed by atoms with van der Waals surface area (Å²) in [6.07, 6.45) is 0. The lowest BCUT2D eigenvalue weighted by Gasteiger charge is -2.12. The lowest BCUT2D eigenvalue weighted by molar-refractivity contribution is 0.262. The number of amides is 2. The number of aromatic amines is 1. The topological polar surface area (TPSA) is 117 Å². The van der Waals surface area contributed by atoms with Gasteiger partial charge in [-0.25, -0.2) is 9.78 Å². The number of aromatic nitrogens is 4. The summed E-state index contributed by atoms with van der Waals surface area (Å²) < 4.78 is 5.91. The second-order valence-electron chi connectivity index (χ2n) is 7.41. The molecule has 10 heteroatoms. The molecule has 0 bridgehead atoms. The minimum atomic E-state index is -0.364. The number of halogens is 1. The molecule has 2 heterocycles. The second kappa shape index (κ2) is 9.58. The van der Waals surface area contributed by atoms with Gasteiger partial charge in [0, 0.05) is 39.9 Å². The van der Waals surface area contributed by atoms with Gasteiger partial charge in [-0.15, -0.1) is 0 Å². The van der Waals surface area contributed by atoms with Gasteiger partial charge in [-0.3, -0.25) is 5.10 Å². The van der Waals surface area contributed by atoms with Gasteiger partial charge >= 0.3 is 12.0 Å². The molecule has 0 atom stereocenters. The number of aryl methyl sites for hydroxylation is 3. The number of anilines is 4. The number of rotatable bonds is 6. The Balaban J connectivity index is 1.42. The molecule has 4 N–H and O–H groups in total. The fourth-order valence-electron chi connectivity index (χ4n) is 3.03. The van der Waals surface area contributed by atoms with Gasteiger partial charge < -0.3 is 20.7 Å². The van der Waals surface area contributed by atoms with E-state index in [0.29, 0.717) is 33.8 Å². The Bertz CT molecular complexity index is 1290. The zero-order valence-corrected chi connectivity index (χ0v) is 19.0. The van der Waals surface area contributed by atoms with E-state index in [-0.39, 0.29) is 12.0 Å². The predicted molar refractivity (Wildman–Crippen MR) is 129 cm³/mol. The number of hydrogen-bond donors (Lipinski definition) is 4. The van der Waals surface area contributed by atoms with Crippen LogP contribution in [0.4, 0.5) is 27.8 Å². The summed E-state index contributed by atoms with van der Waals surface area (Å²) in [6, 6.07) is 15.7. The van der Waals surface area contributed by atoms with Crippen molar-refractivity contribution in [2.75, 3.05) is 16.0 Å². The van der Waals surface area contributed by atoms with E-state index in [0.717, 1.165) is 17.0 Å². The van der Waals surface area contributed by atoms with Crippen molar-refractivity contribution in [3.8, 4) is 11.8 Å². The van der Waals surface area contributed by atoms with Gasteiger partial charge in [0.05, 0.1) is 0 Å². The van der Waals surface area contributed by atoms with Crippen LogP contribution in [0.5, 0.6) is 11.8 Å². The molecule has 0 fully saturated rings. The van der Waals surface area contributed by atoms with Crippen LogP contribution in [-0.2, 0) is 0 Å². The summed E-state index contributed by atoms with van der Waals surface area (Å²) in [5, 5.41) is 16.3. The monoisotopic (exact) mass is 463 g/mol. The van der Waals surface area contributed by atoms with E-state index in [1.54, 1.807) is 48.5 Å². The number of ether oxygens (including phenoxy) is 1. The highest BCUT2D eigenvalue weighted by atomic mass is 35.5. The molecule has 0 aliphatic carbocycles. The van der Waals surface area contributed by atoms with Crippen LogP contribution in [0, 0.1) is 20.8 Å². The Labute approximate surface area is 195 Å². The zero-order chi connectivity index (χ0) is 23.4. The summed E-state index contributed by atoms with van der Waals surface area (Å²) >= 11 is 5.87. The number of nitrogens with one attached hydrogen (secondary N) is 4. The first-order valence-corrected chi connectivity index (χ1v) is 10.5. The average Bonchev–Trinajstić information content (AvgIpc) is 3.16. The molecule has 0 radical (unpaired) electrons. The highest BCUT2D eigenvalue weighted by Crippen LogP contribution is 2.27. The van der Waals surface area contributed by atoms with Gasteiger partial charge in [0.1, 0.15) is 11.6 Å². The molecule has 9 nitrogen and oxygen atoms in total. The molecule has 0 saturated carbocycles. The second-order valence-corrected chi connectivity index (χ2v) is 7.84. The van der Waals surface area contributed by atoms with Crippen LogP contribution in [0.25, 0.3) is 0 Å². The van der Waals surface area contributed by atoms with Gasteiger partial charge in [-0.1, -0.05) is 11.6 Å². The number of benzene rings is 2. The van der Waals surface area contributed by atoms with Crippen LogP contribution >= 0.6 is 11.6 Å². The molecule has 2 aromatic carbocycles. The molecule has 168 valence electrons. The smallest absolute Gasteiger partial charge is 0.324 e. The fourth-order valence-corrected chi connectivity index (χ4v) is 3.16. The van der Waals surface area contributed by atoms with Gasteiger partial charge in [-0.05, 0) is 68.8 Å². The predicted octanol–water partition coefficient (Wildman–Crippen LogP) is 5.96. The summed E-state index contributed by atoms with van der Waals surface area (Å²) in [6.45, 7) is 5.65. The average molecular weight is 464 g/mol. The molecule has 0 aliphatic heterocycles. The van der Waals surface area contributed by atoms with Crippen LogP contribution in [0.1, 0.15) is 17.0 Å². The highest BCUT2D eigenvalue weighted by molar-refractivity contribution is 6.30. The maximum Gasteiger partial charge on any atom is 0.324 e. The van der Waals surface area contributed by atoms with E-state index in [1.807, 2.05) is 26.8 Å². The third-order valence-electron chi connectivity index (χ3n) is 4.53. The molecule has 0 unspecified atom stereocenters. The van der Waals surface area contributed by atoms with E-state index in [4.69, 9.17) is 16.3 Å².